The zero-order chi connectivity index (χ0) is 26.9. The van der Waals surface area contributed by atoms with E-state index in [2.05, 4.69) is 28.1 Å². The van der Waals surface area contributed by atoms with Crippen LogP contribution < -0.4 is 16.0 Å². The summed E-state index contributed by atoms with van der Waals surface area (Å²) in [5, 5.41) is 17.8. The zero-order valence-electron chi connectivity index (χ0n) is 21.4. The fourth-order valence-corrected chi connectivity index (χ4v) is 4.85. The number of fused-ring (bicyclic) bond motifs is 3. The van der Waals surface area contributed by atoms with Crippen molar-refractivity contribution in [2.24, 2.45) is 0 Å². The average Bonchev–Trinajstić information content (AvgIpc) is 3.25. The lowest BCUT2D eigenvalue weighted by Crippen LogP contribution is -2.52. The van der Waals surface area contributed by atoms with Gasteiger partial charge < -0.3 is 25.8 Å². The number of nitrogens with one attached hydrogen (secondary N) is 3. The number of amides is 2. The third-order valence-electron chi connectivity index (χ3n) is 6.77. The van der Waals surface area contributed by atoms with Crippen LogP contribution in [0.3, 0.4) is 0 Å². The Morgan fingerprint density at radius 3 is 2.05 bits per heavy atom. The summed E-state index contributed by atoms with van der Waals surface area (Å²) >= 11 is 0. The van der Waals surface area contributed by atoms with Crippen LogP contribution in [0.15, 0.2) is 78.9 Å². The number of carboxylic acids is 1. The van der Waals surface area contributed by atoms with Gasteiger partial charge in [0.05, 0.1) is 0 Å². The fraction of sp³-hybridized carbons (Fsp3) is 0.300. The normalized spacial score (nSPS) is 13.6. The molecule has 1 aliphatic rings. The summed E-state index contributed by atoms with van der Waals surface area (Å²) < 4.78 is 5.64. The lowest BCUT2D eigenvalue weighted by molar-refractivity contribution is -0.142. The number of carboxylic acid groups (broad SMARTS) is 1. The van der Waals surface area contributed by atoms with Crippen LogP contribution in [0.5, 0.6) is 0 Å². The van der Waals surface area contributed by atoms with Crippen molar-refractivity contribution in [3.05, 3.63) is 95.6 Å². The predicted octanol–water partition coefficient (Wildman–Crippen LogP) is 3.71. The number of carbonyl (C=O) groups is 3. The Morgan fingerprint density at radius 2 is 1.45 bits per heavy atom. The van der Waals surface area contributed by atoms with Crippen LogP contribution in [0, 0.1) is 0 Å². The first-order valence-corrected chi connectivity index (χ1v) is 12.8. The Hall–Kier alpha value is -4.17. The molecule has 8 nitrogen and oxygen atoms in total. The molecule has 4 N–H and O–H groups in total. The van der Waals surface area contributed by atoms with Gasteiger partial charge in [0.25, 0.3) is 0 Å². The Morgan fingerprint density at radius 1 is 0.842 bits per heavy atom. The first-order valence-electron chi connectivity index (χ1n) is 12.8. The van der Waals surface area contributed by atoms with Gasteiger partial charge in [0, 0.05) is 12.3 Å². The summed E-state index contributed by atoms with van der Waals surface area (Å²) in [6, 6.07) is 23.3. The number of rotatable bonds is 12. The third-order valence-corrected chi connectivity index (χ3v) is 6.77. The van der Waals surface area contributed by atoms with Gasteiger partial charge in [-0.25, -0.2) is 9.59 Å². The van der Waals surface area contributed by atoms with E-state index in [9.17, 15) is 19.5 Å². The quantitative estimate of drug-likeness (QED) is 0.273. The van der Waals surface area contributed by atoms with Gasteiger partial charge in [-0.1, -0.05) is 78.9 Å². The highest BCUT2D eigenvalue weighted by Gasteiger charge is 2.30. The summed E-state index contributed by atoms with van der Waals surface area (Å²) in [7, 11) is 1.78. The van der Waals surface area contributed by atoms with Crippen LogP contribution in [0.2, 0.25) is 0 Å². The molecule has 0 bridgehead atoms. The van der Waals surface area contributed by atoms with Crippen LogP contribution in [0.4, 0.5) is 4.79 Å². The Kier molecular flexibility index (Phi) is 9.11. The second kappa shape index (κ2) is 12.9. The standard InChI is InChI=1S/C30H33N3O5/c1-31-17-9-16-26(29(35)36)32-28(34)27(18-20-10-3-2-4-11-20)33-30(37)38-19-25-23-14-7-5-12-21(23)22-13-6-8-15-24(22)25/h2-8,10-15,25-27,31H,9,16-19H2,1H3,(H,32,34)(H,33,37)(H,35,36)/t26-,27-/m0/s1. The van der Waals surface area contributed by atoms with E-state index in [-0.39, 0.29) is 25.4 Å². The fourth-order valence-electron chi connectivity index (χ4n) is 4.85. The predicted molar refractivity (Wildman–Crippen MR) is 145 cm³/mol. The van der Waals surface area contributed by atoms with Crippen LogP contribution in [0.1, 0.15) is 35.4 Å². The van der Waals surface area contributed by atoms with E-state index in [1.807, 2.05) is 66.7 Å². The number of ether oxygens (including phenoxy) is 1. The molecule has 198 valence electrons. The van der Waals surface area contributed by atoms with Gasteiger partial charge in [-0.3, -0.25) is 4.79 Å². The molecule has 0 saturated carbocycles. The van der Waals surface area contributed by atoms with E-state index in [1.54, 1.807) is 7.05 Å². The van der Waals surface area contributed by atoms with Gasteiger partial charge in [-0.2, -0.15) is 0 Å². The van der Waals surface area contributed by atoms with Crippen molar-refractivity contribution < 1.29 is 24.2 Å². The minimum Gasteiger partial charge on any atom is -0.480 e. The van der Waals surface area contributed by atoms with Gasteiger partial charge in [0.15, 0.2) is 0 Å². The lowest BCUT2D eigenvalue weighted by atomic mass is 9.98. The van der Waals surface area contributed by atoms with Crippen molar-refractivity contribution in [1.82, 2.24) is 16.0 Å². The number of benzene rings is 3. The molecule has 38 heavy (non-hydrogen) atoms. The third kappa shape index (κ3) is 6.58. The molecule has 3 aromatic carbocycles. The highest BCUT2D eigenvalue weighted by atomic mass is 16.5. The van der Waals surface area contributed by atoms with Gasteiger partial charge >= 0.3 is 12.1 Å². The number of aliphatic carboxylic acids is 1. The lowest BCUT2D eigenvalue weighted by Gasteiger charge is -2.22. The average molecular weight is 516 g/mol. The first-order chi connectivity index (χ1) is 18.5. The number of hydrogen-bond donors (Lipinski definition) is 4. The molecular weight excluding hydrogens is 482 g/mol. The highest BCUT2D eigenvalue weighted by molar-refractivity contribution is 5.89. The Balaban J connectivity index is 1.44. The van der Waals surface area contributed by atoms with Gasteiger partial charge in [0.2, 0.25) is 5.91 Å². The van der Waals surface area contributed by atoms with E-state index < -0.39 is 30.1 Å². The maximum absolute atomic E-state index is 13.2. The van der Waals surface area contributed by atoms with E-state index in [0.29, 0.717) is 13.0 Å². The smallest absolute Gasteiger partial charge is 0.407 e. The molecule has 0 unspecified atom stereocenters. The molecular formula is C30H33N3O5. The molecule has 2 atom stereocenters. The topological polar surface area (TPSA) is 117 Å². The van der Waals surface area contributed by atoms with Gasteiger partial charge in [-0.05, 0) is 54.3 Å². The zero-order valence-corrected chi connectivity index (χ0v) is 21.4. The van der Waals surface area contributed by atoms with Crippen LogP contribution in [0.25, 0.3) is 11.1 Å². The minimum atomic E-state index is -1.12. The van der Waals surface area contributed by atoms with Crippen molar-refractivity contribution >= 4 is 18.0 Å². The van der Waals surface area contributed by atoms with Crippen molar-refractivity contribution in [2.45, 2.75) is 37.3 Å². The van der Waals surface area contributed by atoms with Gasteiger partial charge in [-0.15, -0.1) is 0 Å². The van der Waals surface area contributed by atoms with Crippen LogP contribution in [-0.2, 0) is 20.7 Å². The van der Waals surface area contributed by atoms with Crippen molar-refractivity contribution in [3.8, 4) is 11.1 Å². The molecule has 0 saturated heterocycles. The van der Waals surface area contributed by atoms with Crippen LogP contribution >= 0.6 is 0 Å². The second-order valence-corrected chi connectivity index (χ2v) is 9.36. The molecule has 0 radical (unpaired) electrons. The summed E-state index contributed by atoms with van der Waals surface area (Å²) in [6.45, 7) is 0.742. The molecule has 3 aromatic rings. The largest absolute Gasteiger partial charge is 0.480 e. The van der Waals surface area contributed by atoms with E-state index in [4.69, 9.17) is 4.74 Å². The number of carbonyl (C=O) groups excluding carboxylic acids is 2. The molecule has 0 heterocycles. The van der Waals surface area contributed by atoms with E-state index in [0.717, 1.165) is 27.8 Å². The molecule has 2 amide bonds. The number of hydrogen-bond acceptors (Lipinski definition) is 5. The maximum atomic E-state index is 13.2. The Labute approximate surface area is 222 Å². The summed E-state index contributed by atoms with van der Waals surface area (Å²) in [6.07, 6.45) is 0.312. The molecule has 0 aromatic heterocycles. The Bertz CT molecular complexity index is 1220. The van der Waals surface area contributed by atoms with Gasteiger partial charge in [0.1, 0.15) is 18.7 Å². The van der Waals surface area contributed by atoms with Crippen molar-refractivity contribution in [3.63, 3.8) is 0 Å². The van der Waals surface area contributed by atoms with E-state index >= 15 is 0 Å². The maximum Gasteiger partial charge on any atom is 0.407 e. The monoisotopic (exact) mass is 515 g/mol. The molecule has 0 aliphatic heterocycles. The highest BCUT2D eigenvalue weighted by Crippen LogP contribution is 2.44. The molecule has 0 spiro atoms. The minimum absolute atomic E-state index is 0.112. The first kappa shape index (κ1) is 26.9. The summed E-state index contributed by atoms with van der Waals surface area (Å²) in [5.74, 6) is -1.80. The molecule has 0 fully saturated rings. The molecule has 8 heteroatoms. The number of alkyl carbamates (subject to hydrolysis) is 1. The molecule has 4 rings (SSSR count). The van der Waals surface area contributed by atoms with Crippen molar-refractivity contribution in [1.29, 1.82) is 0 Å². The van der Waals surface area contributed by atoms with Crippen LogP contribution in [-0.4, -0.2) is 55.4 Å². The van der Waals surface area contributed by atoms with E-state index in [1.165, 1.54) is 0 Å². The summed E-state index contributed by atoms with van der Waals surface area (Å²) in [5.41, 5.74) is 5.25. The molecule has 1 aliphatic carbocycles. The SMILES string of the molecule is CNCCC[C@H](NC(=O)[C@H](Cc1ccccc1)NC(=O)OCC1c2ccccc2-c2ccccc21)C(=O)O. The second-order valence-electron chi connectivity index (χ2n) is 9.36. The van der Waals surface area contributed by atoms with Crippen molar-refractivity contribution in [2.75, 3.05) is 20.2 Å². The summed E-state index contributed by atoms with van der Waals surface area (Å²) in [4.78, 5) is 37.8.